The Labute approximate surface area is 196 Å². The first kappa shape index (κ1) is 21.1. The van der Waals surface area contributed by atoms with Gasteiger partial charge in [-0.1, -0.05) is 6.07 Å². The van der Waals surface area contributed by atoms with Crippen LogP contribution in [-0.2, 0) is 0 Å². The molecule has 0 radical (unpaired) electrons. The molecule has 1 saturated heterocycles. The van der Waals surface area contributed by atoms with Gasteiger partial charge >= 0.3 is 0 Å². The van der Waals surface area contributed by atoms with Gasteiger partial charge in [0.05, 0.1) is 23.9 Å². The van der Waals surface area contributed by atoms with Crippen molar-refractivity contribution in [3.8, 4) is 5.75 Å². The molecular formula is C23H25IN4OS. The van der Waals surface area contributed by atoms with Gasteiger partial charge in [-0.05, 0) is 98.9 Å². The molecule has 1 aromatic carbocycles. The van der Waals surface area contributed by atoms with Crippen LogP contribution in [0.4, 0.5) is 5.69 Å². The molecule has 7 heteroatoms. The number of pyridine rings is 1. The summed E-state index contributed by atoms with van der Waals surface area (Å²) in [4.78, 5) is 10.3. The third kappa shape index (κ3) is 3.92. The molecule has 1 aliphatic rings. The fraction of sp³-hybridized carbons (Fsp3) is 0.304. The topological polar surface area (TPSA) is 53.2 Å². The molecule has 5 nitrogen and oxygen atoms in total. The maximum absolute atomic E-state index is 5.82. The van der Waals surface area contributed by atoms with Crippen molar-refractivity contribution >= 4 is 45.6 Å². The number of H-pyrrole nitrogens is 1. The van der Waals surface area contributed by atoms with Crippen molar-refractivity contribution in [2.45, 2.75) is 45.9 Å². The Kier molecular flexibility index (Phi) is 6.02. The summed E-state index contributed by atoms with van der Waals surface area (Å²) in [6, 6.07) is 14.1. The van der Waals surface area contributed by atoms with Crippen LogP contribution in [-0.4, -0.2) is 21.2 Å². The standard InChI is InChI=1S/C23H25IN4OS/c1-13(2)29-17-10-8-16(9-11-17)28-22(19-14(3)26-15(4)20(19)24)21(27-23(28)30)18-7-5-6-12-25-18/h5-13,21-22,26H,1-4H3,(H,27,30)/t21-,22+/m1/s1. The monoisotopic (exact) mass is 532 g/mol. The zero-order valence-corrected chi connectivity index (χ0v) is 20.4. The molecule has 2 N–H and O–H groups in total. The molecule has 0 saturated carbocycles. The van der Waals surface area contributed by atoms with Gasteiger partial charge in [0.15, 0.2) is 5.11 Å². The van der Waals surface area contributed by atoms with E-state index in [1.165, 1.54) is 14.8 Å². The Morgan fingerprint density at radius 2 is 1.83 bits per heavy atom. The number of aromatic nitrogens is 2. The van der Waals surface area contributed by atoms with Crippen LogP contribution in [0.2, 0.25) is 0 Å². The quantitative estimate of drug-likeness (QED) is 0.331. The van der Waals surface area contributed by atoms with Crippen LogP contribution in [0.3, 0.4) is 0 Å². The third-order valence-corrected chi connectivity index (χ3v) is 6.93. The number of hydrogen-bond acceptors (Lipinski definition) is 3. The minimum absolute atomic E-state index is 0.0129. The number of thiocarbonyl (C=S) groups is 1. The molecule has 0 aliphatic carbocycles. The number of nitrogens with one attached hydrogen (secondary N) is 2. The van der Waals surface area contributed by atoms with E-state index in [1.807, 2.05) is 44.3 Å². The third-order valence-electron chi connectivity index (χ3n) is 5.23. The van der Waals surface area contributed by atoms with Gasteiger partial charge in [0.25, 0.3) is 0 Å². The summed E-state index contributed by atoms with van der Waals surface area (Å²) in [7, 11) is 0. The second-order valence-corrected chi connectivity index (χ2v) is 9.23. The van der Waals surface area contributed by atoms with Gasteiger partial charge in [-0.2, -0.15) is 0 Å². The lowest BCUT2D eigenvalue weighted by atomic mass is 9.96. The van der Waals surface area contributed by atoms with Crippen molar-refractivity contribution in [1.29, 1.82) is 0 Å². The van der Waals surface area contributed by atoms with Crippen LogP contribution in [0.5, 0.6) is 5.75 Å². The highest BCUT2D eigenvalue weighted by Gasteiger charge is 2.42. The molecular weight excluding hydrogens is 507 g/mol. The summed E-state index contributed by atoms with van der Waals surface area (Å²) in [6.07, 6.45) is 1.97. The molecule has 0 bridgehead atoms. The van der Waals surface area contributed by atoms with Crippen molar-refractivity contribution in [3.63, 3.8) is 0 Å². The molecule has 1 aliphatic heterocycles. The van der Waals surface area contributed by atoms with Gasteiger partial charge in [0, 0.05) is 32.4 Å². The van der Waals surface area contributed by atoms with Crippen LogP contribution < -0.4 is 15.0 Å². The second-order valence-electron chi connectivity index (χ2n) is 7.76. The number of nitrogens with zero attached hydrogens (tertiary/aromatic N) is 2. The zero-order valence-electron chi connectivity index (χ0n) is 17.4. The van der Waals surface area contributed by atoms with E-state index < -0.39 is 0 Å². The van der Waals surface area contributed by atoms with Gasteiger partial charge in [-0.25, -0.2) is 0 Å². The lowest BCUT2D eigenvalue weighted by Crippen LogP contribution is -2.29. The van der Waals surface area contributed by atoms with E-state index in [2.05, 4.69) is 74.8 Å². The fourth-order valence-corrected chi connectivity index (χ4v) is 5.21. The summed E-state index contributed by atoms with van der Waals surface area (Å²) in [5.41, 5.74) is 5.57. The van der Waals surface area contributed by atoms with Crippen LogP contribution in [0.25, 0.3) is 0 Å². The SMILES string of the molecule is Cc1[nH]c(C)c([C@H]2[C@@H](c3ccccn3)NC(=S)N2c2ccc(OC(C)C)cc2)c1I. The van der Waals surface area contributed by atoms with E-state index in [0.717, 1.165) is 22.8 Å². The first-order chi connectivity index (χ1) is 14.4. The molecule has 0 amide bonds. The summed E-state index contributed by atoms with van der Waals surface area (Å²) in [5.74, 6) is 0.855. The first-order valence-electron chi connectivity index (χ1n) is 9.98. The molecule has 3 heterocycles. The van der Waals surface area contributed by atoms with Crippen molar-refractivity contribution in [3.05, 3.63) is 74.9 Å². The number of aromatic amines is 1. The van der Waals surface area contributed by atoms with Crippen LogP contribution in [0.1, 0.15) is 48.6 Å². The fourth-order valence-electron chi connectivity index (χ4n) is 4.01. The smallest absolute Gasteiger partial charge is 0.174 e. The largest absolute Gasteiger partial charge is 0.491 e. The van der Waals surface area contributed by atoms with Gasteiger partial charge < -0.3 is 19.9 Å². The highest BCUT2D eigenvalue weighted by atomic mass is 127. The Hall–Kier alpha value is -2.13. The van der Waals surface area contributed by atoms with Crippen molar-refractivity contribution in [2.24, 2.45) is 0 Å². The van der Waals surface area contributed by atoms with E-state index in [-0.39, 0.29) is 18.2 Å². The van der Waals surface area contributed by atoms with Gasteiger partial charge in [-0.15, -0.1) is 0 Å². The Morgan fingerprint density at radius 3 is 2.40 bits per heavy atom. The number of benzene rings is 1. The average molecular weight is 532 g/mol. The molecule has 0 spiro atoms. The van der Waals surface area contributed by atoms with Crippen LogP contribution in [0.15, 0.2) is 48.7 Å². The lowest BCUT2D eigenvalue weighted by Gasteiger charge is -2.28. The van der Waals surface area contributed by atoms with E-state index in [4.69, 9.17) is 17.0 Å². The predicted octanol–water partition coefficient (Wildman–Crippen LogP) is 5.60. The molecule has 4 rings (SSSR count). The second kappa shape index (κ2) is 8.55. The Bertz CT molecular complexity index is 1050. The molecule has 2 atom stereocenters. The van der Waals surface area contributed by atoms with Crippen LogP contribution >= 0.6 is 34.8 Å². The summed E-state index contributed by atoms with van der Waals surface area (Å²) >= 11 is 8.25. The van der Waals surface area contributed by atoms with E-state index in [1.54, 1.807) is 0 Å². The van der Waals surface area contributed by atoms with Crippen LogP contribution in [0, 0.1) is 17.4 Å². The van der Waals surface area contributed by atoms with E-state index in [0.29, 0.717) is 5.11 Å². The number of hydrogen-bond donors (Lipinski definition) is 2. The number of halogens is 1. The average Bonchev–Trinajstić information content (AvgIpc) is 3.18. The first-order valence-corrected chi connectivity index (χ1v) is 11.5. The lowest BCUT2D eigenvalue weighted by molar-refractivity contribution is 0.242. The normalized spacial score (nSPS) is 18.7. The highest BCUT2D eigenvalue weighted by Crippen LogP contribution is 2.44. The molecule has 156 valence electrons. The maximum atomic E-state index is 5.82. The predicted molar refractivity (Wildman–Crippen MR) is 133 cm³/mol. The minimum Gasteiger partial charge on any atom is -0.491 e. The Morgan fingerprint density at radius 1 is 1.10 bits per heavy atom. The number of rotatable bonds is 5. The molecule has 3 aromatic rings. The van der Waals surface area contributed by atoms with Crippen molar-refractivity contribution in [1.82, 2.24) is 15.3 Å². The van der Waals surface area contributed by atoms with Crippen molar-refractivity contribution in [2.75, 3.05) is 4.90 Å². The van der Waals surface area contributed by atoms with E-state index in [9.17, 15) is 0 Å². The summed E-state index contributed by atoms with van der Waals surface area (Å²) < 4.78 is 7.05. The van der Waals surface area contributed by atoms with E-state index >= 15 is 0 Å². The number of ether oxygens (including phenoxy) is 1. The van der Waals surface area contributed by atoms with Gasteiger partial charge in [0.2, 0.25) is 0 Å². The number of anilines is 1. The number of aryl methyl sites for hydroxylation is 2. The molecule has 0 unspecified atom stereocenters. The van der Waals surface area contributed by atoms with Gasteiger partial charge in [-0.3, -0.25) is 4.98 Å². The molecule has 1 fully saturated rings. The highest BCUT2D eigenvalue weighted by molar-refractivity contribution is 14.1. The zero-order chi connectivity index (χ0) is 21.4. The molecule has 2 aromatic heterocycles. The minimum atomic E-state index is -0.0484. The summed E-state index contributed by atoms with van der Waals surface area (Å²) in [6.45, 7) is 8.29. The van der Waals surface area contributed by atoms with Gasteiger partial charge in [0.1, 0.15) is 5.75 Å². The Balaban J connectivity index is 1.80. The summed E-state index contributed by atoms with van der Waals surface area (Å²) in [5, 5.41) is 4.22. The maximum Gasteiger partial charge on any atom is 0.174 e. The molecule has 30 heavy (non-hydrogen) atoms. The van der Waals surface area contributed by atoms with Crippen molar-refractivity contribution < 1.29 is 4.74 Å².